The van der Waals surface area contributed by atoms with E-state index in [9.17, 15) is 4.79 Å². The molecule has 0 saturated carbocycles. The maximum Gasteiger partial charge on any atom is 0.375 e. The predicted molar refractivity (Wildman–Crippen MR) is 127 cm³/mol. The number of benzene rings is 2. The van der Waals surface area contributed by atoms with Crippen molar-refractivity contribution in [3.63, 3.8) is 0 Å². The molecule has 8 nitrogen and oxygen atoms in total. The number of hydrogen-bond donors (Lipinski definition) is 0. The Morgan fingerprint density at radius 1 is 1.12 bits per heavy atom. The van der Waals surface area contributed by atoms with Gasteiger partial charge in [-0.3, -0.25) is 0 Å². The second kappa shape index (κ2) is 10.9. The van der Waals surface area contributed by atoms with Gasteiger partial charge < -0.3 is 18.6 Å². The van der Waals surface area contributed by atoms with Crippen molar-refractivity contribution in [2.75, 3.05) is 20.3 Å². The minimum atomic E-state index is -0.550. The maximum atomic E-state index is 12.3. The van der Waals surface area contributed by atoms with Crippen LogP contribution in [0, 0.1) is 0 Å². The van der Waals surface area contributed by atoms with E-state index in [0.717, 1.165) is 5.56 Å². The number of aromatic nitrogens is 3. The highest BCUT2D eigenvalue weighted by molar-refractivity contribution is 6.30. The van der Waals surface area contributed by atoms with Crippen molar-refractivity contribution in [2.45, 2.75) is 19.8 Å². The van der Waals surface area contributed by atoms with Gasteiger partial charge >= 0.3 is 12.0 Å². The smallest absolute Gasteiger partial charge is 0.375 e. The molecule has 0 aliphatic rings. The molecule has 2 aromatic carbocycles. The molecule has 4 rings (SSSR count). The number of rotatable bonds is 10. The Hall–Kier alpha value is -3.78. The summed E-state index contributed by atoms with van der Waals surface area (Å²) in [5.41, 5.74) is 1.50. The van der Waals surface area contributed by atoms with Crippen molar-refractivity contribution in [1.29, 1.82) is 0 Å². The second-order valence-corrected chi connectivity index (χ2v) is 7.66. The average Bonchev–Trinajstić information content (AvgIpc) is 3.50. The molecule has 0 radical (unpaired) electrons. The van der Waals surface area contributed by atoms with E-state index in [0.29, 0.717) is 47.4 Å². The summed E-state index contributed by atoms with van der Waals surface area (Å²) in [6.45, 7) is 2.43. The SMILES string of the molecule is CCOC(=O)c1nccn1-c1nc(-c2ccc(Cl)cc2)c(CCCOc2ccccc2OC)o1. The van der Waals surface area contributed by atoms with Crippen LogP contribution in [0.25, 0.3) is 17.3 Å². The van der Waals surface area contributed by atoms with Crippen LogP contribution >= 0.6 is 11.6 Å². The molecule has 9 heteroatoms. The van der Waals surface area contributed by atoms with Crippen molar-refractivity contribution >= 4 is 17.6 Å². The molecule has 2 aromatic heterocycles. The first-order chi connectivity index (χ1) is 16.6. The topological polar surface area (TPSA) is 88.6 Å². The first-order valence-electron chi connectivity index (χ1n) is 10.8. The van der Waals surface area contributed by atoms with E-state index in [1.165, 1.54) is 10.8 Å². The molecule has 0 unspecified atom stereocenters. The van der Waals surface area contributed by atoms with Crippen LogP contribution in [-0.2, 0) is 11.2 Å². The quantitative estimate of drug-likeness (QED) is 0.222. The van der Waals surface area contributed by atoms with Crippen molar-refractivity contribution < 1.29 is 23.4 Å². The highest BCUT2D eigenvalue weighted by Crippen LogP contribution is 2.29. The molecule has 0 saturated heterocycles. The number of carbonyl (C=O) groups is 1. The van der Waals surface area contributed by atoms with E-state index < -0.39 is 5.97 Å². The van der Waals surface area contributed by atoms with Gasteiger partial charge in [0.1, 0.15) is 11.5 Å². The van der Waals surface area contributed by atoms with E-state index in [4.69, 9.17) is 30.2 Å². The lowest BCUT2D eigenvalue weighted by Crippen LogP contribution is -2.12. The molecule has 2 heterocycles. The molecule has 0 aliphatic heterocycles. The van der Waals surface area contributed by atoms with Crippen LogP contribution < -0.4 is 9.47 Å². The van der Waals surface area contributed by atoms with Crippen molar-refractivity contribution in [3.8, 4) is 28.8 Å². The zero-order valence-corrected chi connectivity index (χ0v) is 19.6. The Morgan fingerprint density at radius 2 is 1.88 bits per heavy atom. The van der Waals surface area contributed by atoms with Crippen molar-refractivity contribution in [3.05, 3.63) is 77.5 Å². The number of imidazole rings is 1. The Bertz CT molecular complexity index is 1250. The number of carbonyl (C=O) groups excluding carboxylic acids is 1. The van der Waals surface area contributed by atoms with Gasteiger partial charge in [-0.05, 0) is 37.6 Å². The number of ether oxygens (including phenoxy) is 3. The first kappa shape index (κ1) is 23.4. The normalized spacial score (nSPS) is 10.8. The minimum Gasteiger partial charge on any atom is -0.493 e. The van der Waals surface area contributed by atoms with Crippen LogP contribution in [0.3, 0.4) is 0 Å². The first-order valence-corrected chi connectivity index (χ1v) is 11.2. The summed E-state index contributed by atoms with van der Waals surface area (Å²) in [5.74, 6) is 1.56. The van der Waals surface area contributed by atoms with Gasteiger partial charge in [0, 0.05) is 29.4 Å². The summed E-state index contributed by atoms with van der Waals surface area (Å²) in [4.78, 5) is 21.0. The molecule has 0 N–H and O–H groups in total. The molecule has 0 fully saturated rings. The lowest BCUT2D eigenvalue weighted by molar-refractivity contribution is 0.0508. The van der Waals surface area contributed by atoms with Gasteiger partial charge in [0.2, 0.25) is 5.82 Å². The van der Waals surface area contributed by atoms with Gasteiger partial charge in [0.05, 0.1) is 20.3 Å². The highest BCUT2D eigenvalue weighted by atomic mass is 35.5. The summed E-state index contributed by atoms with van der Waals surface area (Å²) in [7, 11) is 1.61. The molecule has 0 spiro atoms. The molecule has 0 amide bonds. The minimum absolute atomic E-state index is 0.0943. The highest BCUT2D eigenvalue weighted by Gasteiger charge is 2.22. The molecular weight excluding hydrogens is 458 g/mol. The van der Waals surface area contributed by atoms with Gasteiger partial charge in [0.15, 0.2) is 11.5 Å². The summed E-state index contributed by atoms with van der Waals surface area (Å²) >= 11 is 6.06. The van der Waals surface area contributed by atoms with Crippen molar-refractivity contribution in [2.24, 2.45) is 0 Å². The monoisotopic (exact) mass is 481 g/mol. The number of methoxy groups -OCH3 is 1. The van der Waals surface area contributed by atoms with Gasteiger partial charge in [-0.15, -0.1) is 0 Å². The predicted octanol–water partition coefficient (Wildman–Crippen LogP) is 5.38. The lowest BCUT2D eigenvalue weighted by atomic mass is 10.1. The molecule has 34 heavy (non-hydrogen) atoms. The van der Waals surface area contributed by atoms with E-state index in [1.807, 2.05) is 36.4 Å². The van der Waals surface area contributed by atoms with Gasteiger partial charge in [-0.25, -0.2) is 14.3 Å². The average molecular weight is 482 g/mol. The van der Waals surface area contributed by atoms with Crippen LogP contribution in [0.1, 0.15) is 29.7 Å². The fraction of sp³-hybridized carbons (Fsp3) is 0.240. The number of hydrogen-bond acceptors (Lipinski definition) is 7. The molecular formula is C25H24ClN3O5. The maximum absolute atomic E-state index is 12.3. The zero-order chi connectivity index (χ0) is 23.9. The summed E-state index contributed by atoms with van der Waals surface area (Å²) in [6, 6.07) is 15.1. The summed E-state index contributed by atoms with van der Waals surface area (Å²) < 4.78 is 23.9. The fourth-order valence-corrected chi connectivity index (χ4v) is 3.53. The lowest BCUT2D eigenvalue weighted by Gasteiger charge is -2.09. The largest absolute Gasteiger partial charge is 0.493 e. The summed E-state index contributed by atoms with van der Waals surface area (Å²) in [6.07, 6.45) is 4.34. The van der Waals surface area contributed by atoms with Gasteiger partial charge in [-0.1, -0.05) is 35.9 Å². The van der Waals surface area contributed by atoms with Crippen LogP contribution in [-0.4, -0.2) is 40.8 Å². The number of esters is 1. The molecule has 4 aromatic rings. The Balaban J connectivity index is 1.57. The molecule has 0 bridgehead atoms. The summed E-state index contributed by atoms with van der Waals surface area (Å²) in [5, 5.41) is 0.624. The standard InChI is InChI=1S/C25H24ClN3O5/c1-3-32-24(30)23-27-14-15-29(23)25-28-22(17-10-12-18(26)13-11-17)21(34-25)9-6-16-33-20-8-5-4-7-19(20)31-2/h4-5,7-8,10-15H,3,6,9,16H2,1-2H3. The Morgan fingerprint density at radius 3 is 2.62 bits per heavy atom. The number of nitrogens with zero attached hydrogens (tertiary/aromatic N) is 3. The van der Waals surface area contributed by atoms with Crippen LogP contribution in [0.2, 0.25) is 5.02 Å². The van der Waals surface area contributed by atoms with E-state index >= 15 is 0 Å². The Labute approximate surface area is 202 Å². The fourth-order valence-electron chi connectivity index (χ4n) is 3.40. The van der Waals surface area contributed by atoms with Crippen LogP contribution in [0.5, 0.6) is 11.5 Å². The van der Waals surface area contributed by atoms with Crippen molar-refractivity contribution in [1.82, 2.24) is 14.5 Å². The molecule has 176 valence electrons. The van der Waals surface area contributed by atoms with Crippen LogP contribution in [0.15, 0.2) is 65.3 Å². The van der Waals surface area contributed by atoms with Crippen LogP contribution in [0.4, 0.5) is 0 Å². The molecule has 0 aliphatic carbocycles. The number of halogens is 1. The number of aryl methyl sites for hydroxylation is 1. The van der Waals surface area contributed by atoms with Gasteiger partial charge in [-0.2, -0.15) is 4.98 Å². The third-order valence-corrected chi connectivity index (χ3v) is 5.24. The number of oxazole rings is 1. The Kier molecular flexibility index (Phi) is 7.49. The third kappa shape index (κ3) is 5.23. The van der Waals surface area contributed by atoms with E-state index in [2.05, 4.69) is 9.97 Å². The zero-order valence-electron chi connectivity index (χ0n) is 18.9. The van der Waals surface area contributed by atoms with E-state index in [-0.39, 0.29) is 18.4 Å². The van der Waals surface area contributed by atoms with Gasteiger partial charge in [0.25, 0.3) is 0 Å². The number of para-hydroxylation sites is 2. The molecule has 0 atom stereocenters. The second-order valence-electron chi connectivity index (χ2n) is 7.22. The third-order valence-electron chi connectivity index (χ3n) is 4.98. The van der Waals surface area contributed by atoms with E-state index in [1.54, 1.807) is 32.4 Å².